The topological polar surface area (TPSA) is 72.8 Å². The minimum absolute atomic E-state index is 0.0895. The van der Waals surface area contributed by atoms with Crippen molar-refractivity contribution in [3.8, 4) is 0 Å². The van der Waals surface area contributed by atoms with Gasteiger partial charge in [-0.15, -0.1) is 0 Å². The van der Waals surface area contributed by atoms with Crippen LogP contribution < -0.4 is 5.32 Å². The molecule has 6 heteroatoms. The molecule has 0 aliphatic heterocycles. The van der Waals surface area contributed by atoms with Gasteiger partial charge in [-0.1, -0.05) is 11.2 Å². The lowest BCUT2D eigenvalue weighted by molar-refractivity contribution is 0.0220. The molecule has 1 heterocycles. The number of alkyl carbamates (subject to hydrolysis) is 1. The molecule has 0 radical (unpaired) electrons. The zero-order chi connectivity index (χ0) is 16.7. The number of ether oxygens (including phenoxy) is 1. The first-order valence-electron chi connectivity index (χ1n) is 8.02. The Hall–Kier alpha value is -2.11. The highest BCUT2D eigenvalue weighted by Crippen LogP contribution is 2.22. The van der Waals surface area contributed by atoms with E-state index in [1.807, 2.05) is 39.0 Å². The summed E-state index contributed by atoms with van der Waals surface area (Å²) in [5, 5.41) is 6.91. The van der Waals surface area contributed by atoms with Crippen LogP contribution in [0.15, 0.2) is 29.6 Å². The molecule has 0 bridgehead atoms. The number of amides is 1. The van der Waals surface area contributed by atoms with Gasteiger partial charge in [0.25, 0.3) is 0 Å². The Kier molecular flexibility index (Phi) is 5.96. The Bertz CT molecular complexity index is 518. The molecule has 1 aliphatic carbocycles. The zero-order valence-electron chi connectivity index (χ0n) is 14.0. The number of rotatable bonds is 4. The average molecular weight is 319 g/mol. The summed E-state index contributed by atoms with van der Waals surface area (Å²) < 4.78 is 5.27. The van der Waals surface area contributed by atoms with Crippen LogP contribution >= 0.6 is 0 Å². The van der Waals surface area contributed by atoms with Crippen LogP contribution in [0, 0.1) is 0 Å². The molecule has 1 aliphatic rings. The van der Waals surface area contributed by atoms with Crippen LogP contribution in [-0.2, 0) is 9.57 Å². The van der Waals surface area contributed by atoms with Crippen LogP contribution in [0.2, 0.25) is 0 Å². The maximum absolute atomic E-state index is 11.7. The second-order valence-corrected chi connectivity index (χ2v) is 6.71. The molecule has 0 saturated heterocycles. The normalized spacial score (nSPS) is 21.9. The van der Waals surface area contributed by atoms with E-state index in [1.54, 1.807) is 12.4 Å². The summed E-state index contributed by atoms with van der Waals surface area (Å²) in [6, 6.07) is 5.78. The lowest BCUT2D eigenvalue weighted by Crippen LogP contribution is -2.41. The maximum atomic E-state index is 11.7. The molecular weight excluding hydrogens is 294 g/mol. The quantitative estimate of drug-likeness (QED) is 0.683. The Balaban J connectivity index is 1.68. The first-order valence-corrected chi connectivity index (χ1v) is 8.02. The van der Waals surface area contributed by atoms with Crippen LogP contribution in [-0.4, -0.2) is 35.0 Å². The standard InChI is InChI=1S/C17H25N3O3/c1-17(2,3)22-16(21)20-13-7-9-15(10-8-13)23-19-12-14-6-4-5-11-18-14/h4-6,11-13,15H,7-10H2,1-3H3,(H,20,21). The molecule has 0 atom stereocenters. The van der Waals surface area contributed by atoms with Crippen LogP contribution in [0.1, 0.15) is 52.1 Å². The summed E-state index contributed by atoms with van der Waals surface area (Å²) in [6.45, 7) is 5.57. The Morgan fingerprint density at radius 2 is 2.04 bits per heavy atom. The number of nitrogens with one attached hydrogen (secondary N) is 1. The highest BCUT2D eigenvalue weighted by Gasteiger charge is 2.25. The van der Waals surface area contributed by atoms with E-state index in [4.69, 9.17) is 9.57 Å². The molecule has 2 rings (SSSR count). The monoisotopic (exact) mass is 319 g/mol. The summed E-state index contributed by atoms with van der Waals surface area (Å²) in [5.41, 5.74) is 0.303. The fourth-order valence-corrected chi connectivity index (χ4v) is 2.41. The average Bonchev–Trinajstić information content (AvgIpc) is 2.48. The smallest absolute Gasteiger partial charge is 0.407 e. The molecule has 1 saturated carbocycles. The van der Waals surface area contributed by atoms with Gasteiger partial charge >= 0.3 is 6.09 Å². The number of carbonyl (C=O) groups is 1. The molecule has 1 N–H and O–H groups in total. The molecule has 6 nitrogen and oxygen atoms in total. The van der Waals surface area contributed by atoms with Crippen molar-refractivity contribution in [3.05, 3.63) is 30.1 Å². The van der Waals surface area contributed by atoms with Gasteiger partial charge in [-0.3, -0.25) is 4.98 Å². The van der Waals surface area contributed by atoms with Crippen LogP contribution in [0.4, 0.5) is 4.79 Å². The third-order valence-corrected chi connectivity index (χ3v) is 3.48. The molecule has 126 valence electrons. The second-order valence-electron chi connectivity index (χ2n) is 6.71. The zero-order valence-corrected chi connectivity index (χ0v) is 14.0. The molecular formula is C17H25N3O3. The van der Waals surface area contributed by atoms with Crippen molar-refractivity contribution in [1.29, 1.82) is 0 Å². The summed E-state index contributed by atoms with van der Waals surface area (Å²) >= 11 is 0. The lowest BCUT2D eigenvalue weighted by Gasteiger charge is -2.28. The van der Waals surface area contributed by atoms with E-state index in [0.29, 0.717) is 0 Å². The van der Waals surface area contributed by atoms with E-state index in [2.05, 4.69) is 15.5 Å². The van der Waals surface area contributed by atoms with E-state index < -0.39 is 5.60 Å². The highest BCUT2D eigenvalue weighted by atomic mass is 16.6. The van der Waals surface area contributed by atoms with Crippen molar-refractivity contribution in [2.45, 2.75) is 64.2 Å². The van der Waals surface area contributed by atoms with E-state index in [9.17, 15) is 4.79 Å². The molecule has 1 aromatic rings. The van der Waals surface area contributed by atoms with E-state index >= 15 is 0 Å². The maximum Gasteiger partial charge on any atom is 0.407 e. The number of carbonyl (C=O) groups excluding carboxylic acids is 1. The molecule has 0 unspecified atom stereocenters. The van der Waals surface area contributed by atoms with Gasteiger partial charge in [-0.2, -0.15) is 0 Å². The summed E-state index contributed by atoms with van der Waals surface area (Å²) in [4.78, 5) is 21.4. The predicted octanol–water partition coefficient (Wildman–Crippen LogP) is 3.27. The largest absolute Gasteiger partial charge is 0.444 e. The van der Waals surface area contributed by atoms with Gasteiger partial charge < -0.3 is 14.9 Å². The number of nitrogens with zero attached hydrogens (tertiary/aromatic N) is 2. The first kappa shape index (κ1) is 17.2. The van der Waals surface area contributed by atoms with Crippen LogP contribution in [0.3, 0.4) is 0 Å². The summed E-state index contributed by atoms with van der Waals surface area (Å²) in [6.07, 6.45) is 6.52. The van der Waals surface area contributed by atoms with Crippen molar-refractivity contribution in [3.63, 3.8) is 0 Å². The Morgan fingerprint density at radius 3 is 2.65 bits per heavy atom. The lowest BCUT2D eigenvalue weighted by atomic mass is 9.93. The first-order chi connectivity index (χ1) is 10.9. The third kappa shape index (κ3) is 6.67. The van der Waals surface area contributed by atoms with Gasteiger partial charge in [0.15, 0.2) is 0 Å². The van der Waals surface area contributed by atoms with Crippen molar-refractivity contribution in [2.24, 2.45) is 5.16 Å². The van der Waals surface area contributed by atoms with Gasteiger partial charge in [-0.05, 0) is 58.6 Å². The molecule has 0 aromatic carbocycles. The fraction of sp³-hybridized carbons (Fsp3) is 0.588. The third-order valence-electron chi connectivity index (χ3n) is 3.48. The Labute approximate surface area is 137 Å². The van der Waals surface area contributed by atoms with E-state index in [1.165, 1.54) is 0 Å². The van der Waals surface area contributed by atoms with Crippen LogP contribution in [0.5, 0.6) is 0 Å². The van der Waals surface area contributed by atoms with Crippen molar-refractivity contribution in [1.82, 2.24) is 10.3 Å². The predicted molar refractivity (Wildman–Crippen MR) is 88.3 cm³/mol. The van der Waals surface area contributed by atoms with Gasteiger partial charge in [0, 0.05) is 12.2 Å². The summed E-state index contributed by atoms with van der Waals surface area (Å²) in [5.74, 6) is 0. The number of hydrogen-bond donors (Lipinski definition) is 1. The molecule has 0 spiro atoms. The van der Waals surface area contributed by atoms with E-state index in [-0.39, 0.29) is 18.2 Å². The number of oxime groups is 1. The SMILES string of the molecule is CC(C)(C)OC(=O)NC1CCC(ON=Cc2ccccn2)CC1. The Morgan fingerprint density at radius 1 is 1.30 bits per heavy atom. The van der Waals surface area contributed by atoms with Crippen molar-refractivity contribution in [2.75, 3.05) is 0 Å². The van der Waals surface area contributed by atoms with Crippen molar-refractivity contribution >= 4 is 12.3 Å². The highest BCUT2D eigenvalue weighted by molar-refractivity contribution is 5.76. The molecule has 1 aromatic heterocycles. The number of pyridine rings is 1. The van der Waals surface area contributed by atoms with Gasteiger partial charge in [-0.25, -0.2) is 4.79 Å². The number of hydrogen-bond acceptors (Lipinski definition) is 5. The van der Waals surface area contributed by atoms with Gasteiger partial charge in [0.1, 0.15) is 11.7 Å². The molecule has 1 amide bonds. The second kappa shape index (κ2) is 7.94. The molecule has 23 heavy (non-hydrogen) atoms. The fourth-order valence-electron chi connectivity index (χ4n) is 2.41. The van der Waals surface area contributed by atoms with Crippen LogP contribution in [0.25, 0.3) is 0 Å². The van der Waals surface area contributed by atoms with Gasteiger partial charge in [0.2, 0.25) is 0 Å². The van der Waals surface area contributed by atoms with E-state index in [0.717, 1.165) is 31.4 Å². The summed E-state index contributed by atoms with van der Waals surface area (Å²) in [7, 11) is 0. The number of aromatic nitrogens is 1. The minimum Gasteiger partial charge on any atom is -0.444 e. The molecule has 1 fully saturated rings. The minimum atomic E-state index is -0.468. The van der Waals surface area contributed by atoms with Crippen molar-refractivity contribution < 1.29 is 14.4 Å². The van der Waals surface area contributed by atoms with Gasteiger partial charge in [0.05, 0.1) is 11.9 Å².